The Hall–Kier alpha value is -4.18. The second-order valence-electron chi connectivity index (χ2n) is 7.57. The van der Waals surface area contributed by atoms with Crippen LogP contribution < -0.4 is 9.62 Å². The highest BCUT2D eigenvalue weighted by Gasteiger charge is 2.32. The number of hydrogen-bond acceptors (Lipinski definition) is 7. The number of aryl methyl sites for hydroxylation is 1. The Balaban J connectivity index is 1.92. The van der Waals surface area contributed by atoms with Gasteiger partial charge in [0.2, 0.25) is 11.8 Å². The second kappa shape index (κ2) is 8.99. The molecule has 0 spiro atoms. The van der Waals surface area contributed by atoms with Gasteiger partial charge in [-0.3, -0.25) is 19.6 Å². The number of carbonyl (C=O) groups is 2. The van der Waals surface area contributed by atoms with Crippen LogP contribution >= 0.6 is 0 Å². The number of sulfonamides is 1. The van der Waals surface area contributed by atoms with Crippen LogP contribution in [0.5, 0.6) is 0 Å². The zero-order valence-electron chi connectivity index (χ0n) is 18.7. The number of nitrogens with one attached hydrogen (secondary N) is 1. The van der Waals surface area contributed by atoms with Crippen LogP contribution in [0.1, 0.15) is 19.4 Å². The van der Waals surface area contributed by atoms with Crippen LogP contribution in [-0.2, 0) is 19.6 Å². The summed E-state index contributed by atoms with van der Waals surface area (Å²) in [6.07, 6.45) is 3.12. The molecule has 4 rings (SSSR count). The molecule has 0 aliphatic carbocycles. The van der Waals surface area contributed by atoms with Crippen molar-refractivity contribution in [1.82, 2.24) is 15.0 Å². The molecule has 4 aromatic rings. The lowest BCUT2D eigenvalue weighted by atomic mass is 10.1. The molecule has 0 atom stereocenters. The number of pyridine rings is 3. The van der Waals surface area contributed by atoms with E-state index in [9.17, 15) is 18.0 Å². The first-order chi connectivity index (χ1) is 16.2. The number of amides is 2. The normalized spacial score (nSPS) is 11.3. The lowest BCUT2D eigenvalue weighted by Crippen LogP contribution is -2.36. The summed E-state index contributed by atoms with van der Waals surface area (Å²) in [5, 5.41) is 3.19. The average Bonchev–Trinajstić information content (AvgIpc) is 2.79. The quantitative estimate of drug-likeness (QED) is 0.467. The Morgan fingerprint density at radius 3 is 2.26 bits per heavy atom. The maximum atomic E-state index is 13.6. The Morgan fingerprint density at radius 2 is 1.62 bits per heavy atom. The molecule has 0 saturated carbocycles. The predicted octanol–water partition coefficient (Wildman–Crippen LogP) is 3.70. The molecule has 2 amide bonds. The van der Waals surface area contributed by atoms with Gasteiger partial charge in [0.1, 0.15) is 5.52 Å². The third-order valence-corrected chi connectivity index (χ3v) is 6.79. The first-order valence-corrected chi connectivity index (χ1v) is 11.7. The van der Waals surface area contributed by atoms with E-state index >= 15 is 0 Å². The van der Waals surface area contributed by atoms with Gasteiger partial charge >= 0.3 is 0 Å². The van der Waals surface area contributed by atoms with Gasteiger partial charge in [-0.1, -0.05) is 12.1 Å². The number of benzene rings is 1. The van der Waals surface area contributed by atoms with E-state index in [1.807, 2.05) is 13.0 Å². The van der Waals surface area contributed by atoms with Crippen molar-refractivity contribution < 1.29 is 18.0 Å². The number of rotatable bonds is 5. The van der Waals surface area contributed by atoms with E-state index in [1.165, 1.54) is 37.4 Å². The molecule has 0 aliphatic rings. The van der Waals surface area contributed by atoms with E-state index in [0.29, 0.717) is 26.8 Å². The van der Waals surface area contributed by atoms with Crippen LogP contribution in [0.25, 0.3) is 22.3 Å². The summed E-state index contributed by atoms with van der Waals surface area (Å²) in [6, 6.07) is 14.4. The van der Waals surface area contributed by atoms with E-state index in [1.54, 1.807) is 30.5 Å². The Morgan fingerprint density at radius 1 is 0.941 bits per heavy atom. The maximum Gasteiger partial charge on any atom is 0.272 e. The summed E-state index contributed by atoms with van der Waals surface area (Å²) in [5.41, 5.74) is 2.51. The van der Waals surface area contributed by atoms with Gasteiger partial charge in [-0.2, -0.15) is 4.31 Å². The molecule has 34 heavy (non-hydrogen) atoms. The molecule has 0 fully saturated rings. The highest BCUT2D eigenvalue weighted by Crippen LogP contribution is 2.32. The minimum absolute atomic E-state index is 0.114. The first-order valence-electron chi connectivity index (χ1n) is 10.3. The van der Waals surface area contributed by atoms with E-state index in [4.69, 9.17) is 0 Å². The van der Waals surface area contributed by atoms with Crippen LogP contribution in [-0.4, -0.2) is 35.2 Å². The Kier molecular flexibility index (Phi) is 6.08. The number of anilines is 2. The fourth-order valence-corrected chi connectivity index (χ4v) is 4.92. The minimum atomic E-state index is -4.35. The van der Waals surface area contributed by atoms with E-state index in [-0.39, 0.29) is 22.1 Å². The predicted molar refractivity (Wildman–Crippen MR) is 129 cm³/mol. The van der Waals surface area contributed by atoms with Crippen molar-refractivity contribution in [3.63, 3.8) is 0 Å². The minimum Gasteiger partial charge on any atom is -0.326 e. The van der Waals surface area contributed by atoms with E-state index < -0.39 is 15.9 Å². The third kappa shape index (κ3) is 4.35. The zero-order valence-corrected chi connectivity index (χ0v) is 19.5. The van der Waals surface area contributed by atoms with Crippen LogP contribution in [0.4, 0.5) is 11.5 Å². The van der Waals surface area contributed by atoms with Gasteiger partial charge in [-0.05, 0) is 55.0 Å². The molecule has 0 unspecified atom stereocenters. The molecule has 3 heterocycles. The van der Waals surface area contributed by atoms with Crippen LogP contribution in [0.2, 0.25) is 0 Å². The fourth-order valence-electron chi connectivity index (χ4n) is 3.54. The van der Waals surface area contributed by atoms with Gasteiger partial charge in [-0.25, -0.2) is 13.4 Å². The van der Waals surface area contributed by atoms with Crippen molar-refractivity contribution in [2.45, 2.75) is 25.7 Å². The SMILES string of the molecule is CC(=O)Nc1ccc(S(=O)(=O)N(C(C)=O)c2nc(-c3ncccc3C)cc3cccnc23)cc1. The van der Waals surface area contributed by atoms with Gasteiger partial charge in [0.05, 0.1) is 16.3 Å². The molecule has 9 nitrogen and oxygen atoms in total. The summed E-state index contributed by atoms with van der Waals surface area (Å²) in [4.78, 5) is 37.1. The van der Waals surface area contributed by atoms with Crippen molar-refractivity contribution in [3.05, 3.63) is 72.6 Å². The van der Waals surface area contributed by atoms with E-state index in [0.717, 1.165) is 12.5 Å². The Bertz CT molecular complexity index is 1520. The molecule has 172 valence electrons. The molecular weight excluding hydrogens is 454 g/mol. The van der Waals surface area contributed by atoms with Crippen molar-refractivity contribution in [1.29, 1.82) is 0 Å². The van der Waals surface area contributed by atoms with Gasteiger partial charge in [0.25, 0.3) is 10.0 Å². The number of nitrogens with zero attached hydrogens (tertiary/aromatic N) is 4. The van der Waals surface area contributed by atoms with Crippen molar-refractivity contribution in [3.8, 4) is 11.4 Å². The fraction of sp³-hybridized carbons (Fsp3) is 0.125. The maximum absolute atomic E-state index is 13.6. The van der Waals surface area contributed by atoms with Crippen molar-refractivity contribution >= 4 is 44.2 Å². The highest BCUT2D eigenvalue weighted by molar-refractivity contribution is 7.93. The zero-order chi connectivity index (χ0) is 24.5. The average molecular weight is 476 g/mol. The molecule has 3 aromatic heterocycles. The topological polar surface area (TPSA) is 122 Å². The lowest BCUT2D eigenvalue weighted by Gasteiger charge is -2.22. The lowest BCUT2D eigenvalue weighted by molar-refractivity contribution is -0.115. The van der Waals surface area contributed by atoms with Gasteiger partial charge in [0, 0.05) is 37.3 Å². The first kappa shape index (κ1) is 23.0. The number of aromatic nitrogens is 3. The molecule has 0 saturated heterocycles. The Labute approximate surface area is 196 Å². The summed E-state index contributed by atoms with van der Waals surface area (Å²) in [5.74, 6) is -1.15. The summed E-state index contributed by atoms with van der Waals surface area (Å²) in [7, 11) is -4.35. The number of hydrogen-bond donors (Lipinski definition) is 1. The largest absolute Gasteiger partial charge is 0.326 e. The monoisotopic (exact) mass is 475 g/mol. The van der Waals surface area contributed by atoms with E-state index in [2.05, 4.69) is 20.3 Å². The number of fused-ring (bicyclic) bond motifs is 1. The van der Waals surface area contributed by atoms with Crippen LogP contribution in [0.15, 0.2) is 71.9 Å². The van der Waals surface area contributed by atoms with Crippen molar-refractivity contribution in [2.75, 3.05) is 9.62 Å². The molecule has 0 bridgehead atoms. The smallest absolute Gasteiger partial charge is 0.272 e. The summed E-state index contributed by atoms with van der Waals surface area (Å²) in [6.45, 7) is 4.37. The molecule has 1 aromatic carbocycles. The van der Waals surface area contributed by atoms with Crippen LogP contribution in [0, 0.1) is 6.92 Å². The number of carbonyl (C=O) groups excluding carboxylic acids is 2. The van der Waals surface area contributed by atoms with Crippen LogP contribution in [0.3, 0.4) is 0 Å². The molecule has 10 heteroatoms. The standard InChI is InChI=1S/C24H21N5O4S/c1-15-6-4-12-25-22(15)21-14-18-7-5-13-26-23(18)24(28-21)29(17(3)31)34(32,33)20-10-8-19(9-11-20)27-16(2)30/h4-14H,1-3H3,(H,27,30). The molecule has 1 N–H and O–H groups in total. The summed E-state index contributed by atoms with van der Waals surface area (Å²) < 4.78 is 27.9. The van der Waals surface area contributed by atoms with Crippen molar-refractivity contribution in [2.24, 2.45) is 0 Å². The third-order valence-electron chi connectivity index (χ3n) is 5.01. The van der Waals surface area contributed by atoms with Gasteiger partial charge in [0.15, 0.2) is 5.82 Å². The van der Waals surface area contributed by atoms with Gasteiger partial charge in [-0.15, -0.1) is 0 Å². The molecular formula is C24H21N5O4S. The van der Waals surface area contributed by atoms with Gasteiger partial charge < -0.3 is 5.32 Å². The summed E-state index contributed by atoms with van der Waals surface area (Å²) >= 11 is 0. The molecule has 0 aliphatic heterocycles. The molecule has 0 radical (unpaired) electrons. The highest BCUT2D eigenvalue weighted by atomic mass is 32.2. The second-order valence-corrected chi connectivity index (χ2v) is 9.36.